The van der Waals surface area contributed by atoms with E-state index in [1.807, 2.05) is 0 Å². The third kappa shape index (κ3) is 4.07. The van der Waals surface area contributed by atoms with Crippen LogP contribution in [0.25, 0.3) is 0 Å². The minimum absolute atomic E-state index is 0.0415. The second-order valence-corrected chi connectivity index (χ2v) is 4.11. The van der Waals surface area contributed by atoms with Crippen molar-refractivity contribution in [3.63, 3.8) is 0 Å². The van der Waals surface area contributed by atoms with Crippen LogP contribution >= 0.6 is 15.9 Å². The molecule has 0 fully saturated rings. The molecule has 1 rings (SSSR count). The summed E-state index contributed by atoms with van der Waals surface area (Å²) in [6.07, 6.45) is 0. The monoisotopic (exact) mass is 300 g/mol. The van der Waals surface area contributed by atoms with Crippen molar-refractivity contribution in [1.29, 1.82) is 0 Å². The molecule has 0 atom stereocenters. The van der Waals surface area contributed by atoms with E-state index in [2.05, 4.69) is 26.5 Å². The zero-order valence-corrected chi connectivity index (χ0v) is 11.1. The SMILES string of the molecule is CCOC(=O)/C(C)=N/Nc1ccc(Br)cc1O. The quantitative estimate of drug-likeness (QED) is 0.388. The van der Waals surface area contributed by atoms with Crippen molar-refractivity contribution >= 4 is 33.3 Å². The summed E-state index contributed by atoms with van der Waals surface area (Å²) in [4.78, 5) is 11.2. The number of halogens is 1. The van der Waals surface area contributed by atoms with E-state index in [4.69, 9.17) is 4.74 Å². The van der Waals surface area contributed by atoms with Gasteiger partial charge in [0.05, 0.1) is 12.3 Å². The minimum Gasteiger partial charge on any atom is -0.506 e. The molecular weight excluding hydrogens is 288 g/mol. The van der Waals surface area contributed by atoms with Crippen LogP contribution in [0.15, 0.2) is 27.8 Å². The van der Waals surface area contributed by atoms with E-state index in [-0.39, 0.29) is 11.5 Å². The molecule has 2 N–H and O–H groups in total. The van der Waals surface area contributed by atoms with Crippen molar-refractivity contribution in [2.75, 3.05) is 12.0 Å². The number of hydrogen-bond donors (Lipinski definition) is 2. The number of carbonyl (C=O) groups is 1. The molecule has 0 spiro atoms. The van der Waals surface area contributed by atoms with Crippen LogP contribution in [0.4, 0.5) is 5.69 Å². The van der Waals surface area contributed by atoms with Gasteiger partial charge < -0.3 is 9.84 Å². The molecule has 0 aliphatic heterocycles. The van der Waals surface area contributed by atoms with Gasteiger partial charge in [-0.3, -0.25) is 5.43 Å². The van der Waals surface area contributed by atoms with E-state index >= 15 is 0 Å². The standard InChI is InChI=1S/C11H13BrN2O3/c1-3-17-11(16)7(2)13-14-9-5-4-8(12)6-10(9)15/h4-6,14-15H,3H2,1-2H3/b13-7+. The first-order chi connectivity index (χ1) is 8.04. The Balaban J connectivity index is 2.72. The number of hydrogen-bond acceptors (Lipinski definition) is 5. The number of aromatic hydroxyl groups is 1. The van der Waals surface area contributed by atoms with Crippen molar-refractivity contribution < 1.29 is 14.6 Å². The lowest BCUT2D eigenvalue weighted by atomic mass is 10.3. The number of nitrogens with zero attached hydrogens (tertiary/aromatic N) is 1. The van der Waals surface area contributed by atoms with E-state index in [1.54, 1.807) is 19.1 Å². The summed E-state index contributed by atoms with van der Waals surface area (Å²) in [6.45, 7) is 3.55. The number of benzene rings is 1. The van der Waals surface area contributed by atoms with Crippen LogP contribution in [0.2, 0.25) is 0 Å². The molecule has 0 amide bonds. The van der Waals surface area contributed by atoms with Gasteiger partial charge in [0.25, 0.3) is 0 Å². The Kier molecular flexibility index (Phi) is 4.96. The maximum Gasteiger partial charge on any atom is 0.354 e. The molecule has 0 heterocycles. The smallest absolute Gasteiger partial charge is 0.354 e. The fourth-order valence-corrected chi connectivity index (χ4v) is 1.37. The summed E-state index contributed by atoms with van der Waals surface area (Å²) >= 11 is 3.22. The van der Waals surface area contributed by atoms with Crippen LogP contribution in [0, 0.1) is 0 Å². The first kappa shape index (κ1) is 13.5. The Hall–Kier alpha value is -1.56. The molecule has 6 heteroatoms. The Labute approximate surface area is 108 Å². The van der Waals surface area contributed by atoms with Gasteiger partial charge in [-0.2, -0.15) is 5.10 Å². The highest BCUT2D eigenvalue weighted by Crippen LogP contribution is 2.26. The van der Waals surface area contributed by atoms with Gasteiger partial charge in [-0.25, -0.2) is 4.79 Å². The lowest BCUT2D eigenvalue weighted by molar-refractivity contribution is -0.135. The van der Waals surface area contributed by atoms with Crippen LogP contribution in [0.5, 0.6) is 5.75 Å². The highest BCUT2D eigenvalue weighted by Gasteiger charge is 2.06. The molecule has 0 aliphatic carbocycles. The average molecular weight is 301 g/mol. The number of carbonyl (C=O) groups excluding carboxylic acids is 1. The molecule has 0 saturated heterocycles. The molecule has 5 nitrogen and oxygen atoms in total. The van der Waals surface area contributed by atoms with Crippen LogP contribution in [-0.4, -0.2) is 23.4 Å². The van der Waals surface area contributed by atoms with Crippen molar-refractivity contribution in [2.24, 2.45) is 5.10 Å². The maximum atomic E-state index is 11.2. The summed E-state index contributed by atoms with van der Waals surface area (Å²) in [5.41, 5.74) is 3.20. The first-order valence-electron chi connectivity index (χ1n) is 5.00. The van der Waals surface area contributed by atoms with Gasteiger partial charge in [-0.15, -0.1) is 0 Å². The molecule has 17 heavy (non-hydrogen) atoms. The van der Waals surface area contributed by atoms with Crippen LogP contribution < -0.4 is 5.43 Å². The maximum absolute atomic E-state index is 11.2. The van der Waals surface area contributed by atoms with E-state index < -0.39 is 5.97 Å². The Morgan fingerprint density at radius 2 is 2.29 bits per heavy atom. The molecule has 0 bridgehead atoms. The zero-order valence-electron chi connectivity index (χ0n) is 9.53. The van der Waals surface area contributed by atoms with Crippen LogP contribution in [-0.2, 0) is 9.53 Å². The number of hydrazone groups is 1. The molecular formula is C11H13BrN2O3. The number of anilines is 1. The van der Waals surface area contributed by atoms with E-state index in [9.17, 15) is 9.90 Å². The van der Waals surface area contributed by atoms with Gasteiger partial charge in [0, 0.05) is 4.47 Å². The third-order valence-corrected chi connectivity index (χ3v) is 2.37. The summed E-state index contributed by atoms with van der Waals surface area (Å²) in [5.74, 6) is -0.448. The third-order valence-electron chi connectivity index (χ3n) is 1.87. The normalized spacial score (nSPS) is 11.1. The fraction of sp³-hybridized carbons (Fsp3) is 0.273. The predicted molar refractivity (Wildman–Crippen MR) is 69.2 cm³/mol. The highest BCUT2D eigenvalue weighted by molar-refractivity contribution is 9.10. The Morgan fingerprint density at radius 1 is 1.59 bits per heavy atom. The molecule has 92 valence electrons. The number of ether oxygens (including phenoxy) is 1. The lowest BCUT2D eigenvalue weighted by Crippen LogP contribution is -2.15. The number of nitrogens with one attached hydrogen (secondary N) is 1. The molecule has 0 aliphatic rings. The average Bonchev–Trinajstić information content (AvgIpc) is 2.27. The van der Waals surface area contributed by atoms with Gasteiger partial charge in [0.15, 0.2) is 0 Å². The van der Waals surface area contributed by atoms with Gasteiger partial charge >= 0.3 is 5.97 Å². The summed E-state index contributed by atoms with van der Waals surface area (Å²) < 4.78 is 5.52. The summed E-state index contributed by atoms with van der Waals surface area (Å²) in [7, 11) is 0. The molecule has 0 unspecified atom stereocenters. The van der Waals surface area contributed by atoms with Crippen molar-refractivity contribution in [3.8, 4) is 5.75 Å². The number of esters is 1. The molecule has 0 aromatic heterocycles. The Morgan fingerprint density at radius 3 is 2.88 bits per heavy atom. The van der Waals surface area contributed by atoms with Crippen LogP contribution in [0.3, 0.4) is 0 Å². The van der Waals surface area contributed by atoms with E-state index in [1.165, 1.54) is 13.0 Å². The lowest BCUT2D eigenvalue weighted by Gasteiger charge is -2.05. The Bertz CT molecular complexity index is 446. The zero-order chi connectivity index (χ0) is 12.8. The van der Waals surface area contributed by atoms with Crippen molar-refractivity contribution in [2.45, 2.75) is 13.8 Å². The van der Waals surface area contributed by atoms with E-state index in [0.29, 0.717) is 12.3 Å². The number of phenolic OH excluding ortho intramolecular Hbond substituents is 1. The van der Waals surface area contributed by atoms with Gasteiger partial charge in [0.2, 0.25) is 0 Å². The van der Waals surface area contributed by atoms with Crippen LogP contribution in [0.1, 0.15) is 13.8 Å². The largest absolute Gasteiger partial charge is 0.506 e. The summed E-state index contributed by atoms with van der Waals surface area (Å²) in [5, 5.41) is 13.4. The molecule has 1 aromatic carbocycles. The highest BCUT2D eigenvalue weighted by atomic mass is 79.9. The van der Waals surface area contributed by atoms with Gasteiger partial charge in [0.1, 0.15) is 11.5 Å². The predicted octanol–water partition coefficient (Wildman–Crippen LogP) is 2.51. The number of phenols is 1. The van der Waals surface area contributed by atoms with Crippen molar-refractivity contribution in [1.82, 2.24) is 0 Å². The number of rotatable bonds is 4. The van der Waals surface area contributed by atoms with Gasteiger partial charge in [-0.1, -0.05) is 15.9 Å². The first-order valence-corrected chi connectivity index (χ1v) is 5.79. The van der Waals surface area contributed by atoms with Gasteiger partial charge in [-0.05, 0) is 32.0 Å². The molecule has 0 radical (unpaired) electrons. The fourth-order valence-electron chi connectivity index (χ4n) is 1.02. The second kappa shape index (κ2) is 6.24. The molecule has 1 aromatic rings. The second-order valence-electron chi connectivity index (χ2n) is 3.19. The van der Waals surface area contributed by atoms with Crippen molar-refractivity contribution in [3.05, 3.63) is 22.7 Å². The topological polar surface area (TPSA) is 70.9 Å². The summed E-state index contributed by atoms with van der Waals surface area (Å²) in [6, 6.07) is 4.91. The minimum atomic E-state index is -0.489. The van der Waals surface area contributed by atoms with E-state index in [0.717, 1.165) is 4.47 Å². The molecule has 0 saturated carbocycles.